The standard InChI is InChI=1S/C39H31N3O/c1-26-28(19-23-36(41)29-9-4-3-5-10-29)15-16-31-20-24-37(42-39(26)31)30-17-21-33(22-18-30)43-38-14-8-13-34(27(38)2)35-12-7-6-11-32(35)25-40/h3-18,20-22,24,41H,19,23H2,1-2H3. The summed E-state index contributed by atoms with van der Waals surface area (Å²) in [5.41, 5.74) is 10.4. The molecule has 0 spiro atoms. The van der Waals surface area contributed by atoms with Gasteiger partial charge in [-0.1, -0.05) is 78.9 Å². The van der Waals surface area contributed by atoms with E-state index in [4.69, 9.17) is 15.1 Å². The molecule has 5 aromatic carbocycles. The number of nitriles is 1. The molecule has 0 aliphatic carbocycles. The fourth-order valence-electron chi connectivity index (χ4n) is 5.50. The van der Waals surface area contributed by atoms with E-state index in [9.17, 15) is 5.26 Å². The number of ether oxygens (including phenoxy) is 1. The lowest BCUT2D eigenvalue weighted by Crippen LogP contribution is -2.02. The van der Waals surface area contributed by atoms with Gasteiger partial charge >= 0.3 is 0 Å². The highest BCUT2D eigenvalue weighted by atomic mass is 16.5. The molecule has 0 bridgehead atoms. The highest BCUT2D eigenvalue weighted by Gasteiger charge is 2.13. The maximum absolute atomic E-state index is 9.57. The Morgan fingerprint density at radius 3 is 2.26 bits per heavy atom. The lowest BCUT2D eigenvalue weighted by Gasteiger charge is -2.14. The number of hydrogen-bond donors (Lipinski definition) is 1. The van der Waals surface area contributed by atoms with Gasteiger partial charge in [0.2, 0.25) is 0 Å². The summed E-state index contributed by atoms with van der Waals surface area (Å²) in [6, 6.07) is 42.3. The van der Waals surface area contributed by atoms with Gasteiger partial charge in [-0.2, -0.15) is 5.26 Å². The van der Waals surface area contributed by atoms with Crippen LogP contribution < -0.4 is 4.74 Å². The van der Waals surface area contributed by atoms with E-state index in [1.165, 1.54) is 5.56 Å². The van der Waals surface area contributed by atoms with Crippen molar-refractivity contribution in [2.24, 2.45) is 0 Å². The van der Waals surface area contributed by atoms with Crippen LogP contribution in [0.4, 0.5) is 0 Å². The quantitative estimate of drug-likeness (QED) is 0.189. The summed E-state index contributed by atoms with van der Waals surface area (Å²) < 4.78 is 6.30. The van der Waals surface area contributed by atoms with Crippen molar-refractivity contribution in [2.75, 3.05) is 0 Å². The molecular weight excluding hydrogens is 526 g/mol. The van der Waals surface area contributed by atoms with Crippen LogP contribution in [0, 0.1) is 30.6 Å². The van der Waals surface area contributed by atoms with E-state index in [1.807, 2.05) is 104 Å². The number of nitrogens with zero attached hydrogens (tertiary/aromatic N) is 2. The molecule has 0 saturated heterocycles. The Labute approximate surface area is 252 Å². The molecule has 6 rings (SSSR count). The van der Waals surface area contributed by atoms with Crippen LogP contribution in [0.3, 0.4) is 0 Å². The van der Waals surface area contributed by atoms with Gasteiger partial charge in [0, 0.05) is 16.7 Å². The van der Waals surface area contributed by atoms with Crippen molar-refractivity contribution in [2.45, 2.75) is 26.7 Å². The fraction of sp³-hybridized carbons (Fsp3) is 0.103. The summed E-state index contributed by atoms with van der Waals surface area (Å²) in [6.07, 6.45) is 1.49. The smallest absolute Gasteiger partial charge is 0.130 e. The summed E-state index contributed by atoms with van der Waals surface area (Å²) in [4.78, 5) is 5.06. The number of fused-ring (bicyclic) bond motifs is 1. The molecule has 1 N–H and O–H groups in total. The second-order valence-corrected chi connectivity index (χ2v) is 10.7. The van der Waals surface area contributed by atoms with Gasteiger partial charge in [0.1, 0.15) is 11.5 Å². The second kappa shape index (κ2) is 12.1. The molecular formula is C39H31N3O. The van der Waals surface area contributed by atoms with Crippen LogP contribution in [0.2, 0.25) is 0 Å². The number of hydrogen-bond acceptors (Lipinski definition) is 4. The molecule has 0 unspecified atom stereocenters. The van der Waals surface area contributed by atoms with Crippen LogP contribution in [-0.2, 0) is 6.42 Å². The first kappa shape index (κ1) is 27.6. The van der Waals surface area contributed by atoms with Crippen LogP contribution in [0.25, 0.3) is 33.3 Å². The van der Waals surface area contributed by atoms with Gasteiger partial charge in [0.25, 0.3) is 0 Å². The highest BCUT2D eigenvalue weighted by molar-refractivity contribution is 5.98. The van der Waals surface area contributed by atoms with Gasteiger partial charge in [0.05, 0.1) is 22.8 Å². The molecule has 0 saturated carbocycles. The first-order chi connectivity index (χ1) is 21.0. The average Bonchev–Trinajstić information content (AvgIpc) is 3.06. The third kappa shape index (κ3) is 5.80. The molecule has 4 heteroatoms. The molecule has 0 radical (unpaired) electrons. The summed E-state index contributed by atoms with van der Waals surface area (Å²) in [5, 5.41) is 19.2. The zero-order chi connectivity index (χ0) is 29.8. The van der Waals surface area contributed by atoms with E-state index in [0.717, 1.165) is 67.9 Å². The molecule has 0 fully saturated rings. The Morgan fingerprint density at radius 2 is 1.47 bits per heavy atom. The largest absolute Gasteiger partial charge is 0.457 e. The van der Waals surface area contributed by atoms with E-state index < -0.39 is 0 Å². The van der Waals surface area contributed by atoms with Crippen LogP contribution >= 0.6 is 0 Å². The normalized spacial score (nSPS) is 10.8. The highest BCUT2D eigenvalue weighted by Crippen LogP contribution is 2.35. The lowest BCUT2D eigenvalue weighted by atomic mass is 9.96. The van der Waals surface area contributed by atoms with Crippen molar-refractivity contribution < 1.29 is 4.74 Å². The fourth-order valence-corrected chi connectivity index (χ4v) is 5.50. The van der Waals surface area contributed by atoms with Gasteiger partial charge in [0.15, 0.2) is 0 Å². The molecule has 208 valence electrons. The Hall–Kier alpha value is -5.53. The van der Waals surface area contributed by atoms with E-state index in [2.05, 4.69) is 37.3 Å². The van der Waals surface area contributed by atoms with Crippen LogP contribution in [0.15, 0.2) is 121 Å². The maximum Gasteiger partial charge on any atom is 0.130 e. The van der Waals surface area contributed by atoms with Crippen LogP contribution in [0.5, 0.6) is 11.5 Å². The monoisotopic (exact) mass is 557 g/mol. The van der Waals surface area contributed by atoms with Crippen molar-refractivity contribution in [1.29, 1.82) is 10.7 Å². The van der Waals surface area contributed by atoms with Gasteiger partial charge < -0.3 is 10.1 Å². The topological polar surface area (TPSA) is 69.8 Å². The summed E-state index contributed by atoms with van der Waals surface area (Å²) in [5.74, 6) is 1.49. The molecule has 0 atom stereocenters. The SMILES string of the molecule is Cc1c(Oc2ccc(-c3ccc4ccc(CCC(=N)c5ccccc5)c(C)c4n3)cc2)cccc1-c1ccccc1C#N. The Bertz CT molecular complexity index is 1990. The summed E-state index contributed by atoms with van der Waals surface area (Å²) in [6.45, 7) is 4.15. The average molecular weight is 558 g/mol. The van der Waals surface area contributed by atoms with Crippen molar-refractivity contribution in [1.82, 2.24) is 4.98 Å². The summed E-state index contributed by atoms with van der Waals surface area (Å²) in [7, 11) is 0. The minimum Gasteiger partial charge on any atom is -0.457 e. The van der Waals surface area contributed by atoms with Crippen molar-refractivity contribution in [3.63, 3.8) is 0 Å². The minimum absolute atomic E-state index is 0.643. The number of nitrogens with one attached hydrogen (secondary N) is 1. The predicted molar refractivity (Wildman–Crippen MR) is 175 cm³/mol. The van der Waals surface area contributed by atoms with Gasteiger partial charge in [-0.05, 0) is 103 Å². The number of benzene rings is 5. The van der Waals surface area contributed by atoms with E-state index in [-0.39, 0.29) is 0 Å². The van der Waals surface area contributed by atoms with Gasteiger partial charge in [-0.25, -0.2) is 4.98 Å². The van der Waals surface area contributed by atoms with Crippen LogP contribution in [-0.4, -0.2) is 10.7 Å². The molecule has 0 amide bonds. The van der Waals surface area contributed by atoms with Crippen molar-refractivity contribution in [3.8, 4) is 40.0 Å². The predicted octanol–water partition coefficient (Wildman–Crippen LogP) is 9.85. The van der Waals surface area contributed by atoms with Gasteiger partial charge in [-0.15, -0.1) is 0 Å². The second-order valence-electron chi connectivity index (χ2n) is 10.7. The molecule has 4 nitrogen and oxygen atoms in total. The molecule has 6 aromatic rings. The van der Waals surface area contributed by atoms with E-state index >= 15 is 0 Å². The lowest BCUT2D eigenvalue weighted by molar-refractivity contribution is 0.479. The molecule has 1 aromatic heterocycles. The number of rotatable bonds is 8. The zero-order valence-electron chi connectivity index (χ0n) is 24.3. The van der Waals surface area contributed by atoms with E-state index in [0.29, 0.717) is 17.7 Å². The Morgan fingerprint density at radius 1 is 0.744 bits per heavy atom. The van der Waals surface area contributed by atoms with Crippen LogP contribution in [0.1, 0.15) is 34.2 Å². The third-order valence-corrected chi connectivity index (χ3v) is 7.99. The van der Waals surface area contributed by atoms with Crippen molar-refractivity contribution >= 4 is 16.6 Å². The first-order valence-corrected chi connectivity index (χ1v) is 14.4. The number of pyridine rings is 1. The Kier molecular flexibility index (Phi) is 7.80. The first-order valence-electron chi connectivity index (χ1n) is 14.4. The van der Waals surface area contributed by atoms with Crippen molar-refractivity contribution in [3.05, 3.63) is 149 Å². The number of aromatic nitrogens is 1. The van der Waals surface area contributed by atoms with Gasteiger partial charge in [-0.3, -0.25) is 0 Å². The zero-order valence-corrected chi connectivity index (χ0v) is 24.3. The number of aryl methyl sites for hydroxylation is 2. The maximum atomic E-state index is 9.57. The molecule has 1 heterocycles. The molecule has 43 heavy (non-hydrogen) atoms. The third-order valence-electron chi connectivity index (χ3n) is 7.99. The Balaban J connectivity index is 1.21. The molecule has 0 aliphatic rings. The minimum atomic E-state index is 0.643. The summed E-state index contributed by atoms with van der Waals surface area (Å²) >= 11 is 0. The van der Waals surface area contributed by atoms with E-state index in [1.54, 1.807) is 0 Å². The molecule has 0 aliphatic heterocycles.